The Hall–Kier alpha value is -1.87. The lowest BCUT2D eigenvalue weighted by Gasteiger charge is -2.33. The second-order valence-electron chi connectivity index (χ2n) is 6.79. The van der Waals surface area contributed by atoms with Crippen LogP contribution in [0.15, 0.2) is 48.5 Å². The summed E-state index contributed by atoms with van der Waals surface area (Å²) in [6.07, 6.45) is 0. The summed E-state index contributed by atoms with van der Waals surface area (Å²) in [5.41, 5.74) is 3.95. The van der Waals surface area contributed by atoms with Gasteiger partial charge in [0.15, 0.2) is 0 Å². The van der Waals surface area contributed by atoms with Crippen LogP contribution in [0.4, 0.5) is 10.1 Å². The van der Waals surface area contributed by atoms with Crippen LogP contribution in [-0.2, 0) is 6.54 Å². The first-order valence-corrected chi connectivity index (χ1v) is 8.55. The van der Waals surface area contributed by atoms with E-state index in [4.69, 9.17) is 0 Å². The highest BCUT2D eigenvalue weighted by Gasteiger charge is 2.20. The van der Waals surface area contributed by atoms with Gasteiger partial charge in [-0.15, -0.1) is 0 Å². The Kier molecular flexibility index (Phi) is 4.97. The minimum Gasteiger partial charge on any atom is -0.360 e. The summed E-state index contributed by atoms with van der Waals surface area (Å²) in [5.74, 6) is 0.429. The van der Waals surface area contributed by atoms with Crippen molar-refractivity contribution in [1.82, 2.24) is 0 Å². The second kappa shape index (κ2) is 7.14. The van der Waals surface area contributed by atoms with E-state index in [1.165, 1.54) is 11.1 Å². The average molecular weight is 313 g/mol. The fourth-order valence-corrected chi connectivity index (χ4v) is 3.22. The number of hydrogen-bond donors (Lipinski definition) is 1. The van der Waals surface area contributed by atoms with Gasteiger partial charge in [-0.25, -0.2) is 4.39 Å². The van der Waals surface area contributed by atoms with Crippen LogP contribution in [0.25, 0.3) is 0 Å². The van der Waals surface area contributed by atoms with Gasteiger partial charge < -0.3 is 9.80 Å². The Morgan fingerprint density at radius 2 is 1.57 bits per heavy atom. The van der Waals surface area contributed by atoms with E-state index in [-0.39, 0.29) is 5.82 Å². The monoisotopic (exact) mass is 313 g/mol. The van der Waals surface area contributed by atoms with Crippen molar-refractivity contribution in [1.29, 1.82) is 0 Å². The van der Waals surface area contributed by atoms with Crippen molar-refractivity contribution in [2.24, 2.45) is 0 Å². The average Bonchev–Trinajstić information content (AvgIpc) is 2.57. The molecule has 2 aromatic rings. The fraction of sp³-hybridized carbons (Fsp3) is 0.400. The zero-order valence-electron chi connectivity index (χ0n) is 14.1. The van der Waals surface area contributed by atoms with Crippen LogP contribution >= 0.6 is 0 Å². The summed E-state index contributed by atoms with van der Waals surface area (Å²) in [7, 11) is 0. The van der Waals surface area contributed by atoms with Gasteiger partial charge in [-0.05, 0) is 35.7 Å². The summed E-state index contributed by atoms with van der Waals surface area (Å²) in [5, 5.41) is 0. The first-order valence-electron chi connectivity index (χ1n) is 8.55. The lowest BCUT2D eigenvalue weighted by Crippen LogP contribution is -3.13. The van der Waals surface area contributed by atoms with Crippen LogP contribution in [0.1, 0.15) is 30.9 Å². The van der Waals surface area contributed by atoms with Gasteiger partial charge in [-0.2, -0.15) is 0 Å². The molecule has 1 heterocycles. The third-order valence-corrected chi connectivity index (χ3v) is 4.76. The molecule has 2 nitrogen and oxygen atoms in total. The highest BCUT2D eigenvalue weighted by atomic mass is 19.1. The number of halogens is 1. The normalized spacial score (nSPS) is 16.1. The number of piperazine rings is 1. The first-order chi connectivity index (χ1) is 11.1. The predicted octanol–water partition coefficient (Wildman–Crippen LogP) is 2.85. The van der Waals surface area contributed by atoms with Crippen LogP contribution < -0.4 is 9.80 Å². The highest BCUT2D eigenvalue weighted by Crippen LogP contribution is 2.15. The van der Waals surface area contributed by atoms with Gasteiger partial charge in [-0.3, -0.25) is 0 Å². The first kappa shape index (κ1) is 16.0. The molecule has 23 heavy (non-hydrogen) atoms. The topological polar surface area (TPSA) is 7.68 Å². The molecule has 3 heteroatoms. The summed E-state index contributed by atoms with van der Waals surface area (Å²) in [6, 6.07) is 15.9. The van der Waals surface area contributed by atoms with E-state index < -0.39 is 0 Å². The minimum atomic E-state index is -0.164. The molecule has 0 atom stereocenters. The number of benzene rings is 2. The van der Waals surface area contributed by atoms with Crippen LogP contribution in [0, 0.1) is 5.82 Å². The van der Waals surface area contributed by atoms with Gasteiger partial charge in [0.25, 0.3) is 0 Å². The molecule has 1 aliphatic rings. The van der Waals surface area contributed by atoms with Crippen LogP contribution in [0.2, 0.25) is 0 Å². The summed E-state index contributed by atoms with van der Waals surface area (Å²) >= 11 is 0. The highest BCUT2D eigenvalue weighted by molar-refractivity contribution is 5.46. The van der Waals surface area contributed by atoms with E-state index in [9.17, 15) is 4.39 Å². The summed E-state index contributed by atoms with van der Waals surface area (Å²) in [4.78, 5) is 3.98. The maximum Gasteiger partial charge on any atom is 0.123 e. The van der Waals surface area contributed by atoms with Gasteiger partial charge in [0.2, 0.25) is 0 Å². The van der Waals surface area contributed by atoms with Crippen molar-refractivity contribution in [3.8, 4) is 0 Å². The van der Waals surface area contributed by atoms with Crippen molar-refractivity contribution >= 4 is 5.69 Å². The molecule has 3 rings (SSSR count). The largest absolute Gasteiger partial charge is 0.360 e. The van der Waals surface area contributed by atoms with E-state index >= 15 is 0 Å². The Labute approximate surface area is 138 Å². The molecule has 0 aliphatic carbocycles. The number of quaternary nitrogens is 1. The van der Waals surface area contributed by atoms with Crippen molar-refractivity contribution in [3.63, 3.8) is 0 Å². The Balaban J connectivity index is 1.53. The zero-order chi connectivity index (χ0) is 16.2. The van der Waals surface area contributed by atoms with Crippen molar-refractivity contribution in [2.75, 3.05) is 31.1 Å². The molecular formula is C20H26FN2+. The Bertz CT molecular complexity index is 611. The predicted molar refractivity (Wildman–Crippen MR) is 93.5 cm³/mol. The molecule has 122 valence electrons. The summed E-state index contributed by atoms with van der Waals surface area (Å²) < 4.78 is 13.0. The van der Waals surface area contributed by atoms with Crippen LogP contribution in [0.5, 0.6) is 0 Å². The number of nitrogens with one attached hydrogen (secondary N) is 1. The standard InChI is InChI=1S/C20H25FN2/c1-16(2)18-5-3-17(4-6-18)15-22-11-13-23(14-12-22)20-9-7-19(21)8-10-20/h3-10,16H,11-15H2,1-2H3/p+1. The maximum atomic E-state index is 13.0. The molecule has 0 aromatic heterocycles. The van der Waals surface area contributed by atoms with Crippen molar-refractivity contribution in [2.45, 2.75) is 26.3 Å². The molecule has 0 radical (unpaired) electrons. The molecule has 2 aromatic carbocycles. The minimum absolute atomic E-state index is 0.164. The van der Waals surface area contributed by atoms with E-state index in [1.807, 2.05) is 12.1 Å². The van der Waals surface area contributed by atoms with E-state index in [1.54, 1.807) is 17.0 Å². The van der Waals surface area contributed by atoms with Gasteiger partial charge in [0.05, 0.1) is 26.2 Å². The van der Waals surface area contributed by atoms with E-state index in [2.05, 4.69) is 43.0 Å². The zero-order valence-corrected chi connectivity index (χ0v) is 14.1. The molecule has 0 saturated carbocycles. The Morgan fingerprint density at radius 3 is 2.13 bits per heavy atom. The molecule has 0 amide bonds. The second-order valence-corrected chi connectivity index (χ2v) is 6.79. The quantitative estimate of drug-likeness (QED) is 0.912. The van der Waals surface area contributed by atoms with Gasteiger partial charge >= 0.3 is 0 Å². The van der Waals surface area contributed by atoms with Gasteiger partial charge in [0, 0.05) is 11.3 Å². The third-order valence-electron chi connectivity index (χ3n) is 4.76. The number of nitrogens with zero attached hydrogens (tertiary/aromatic N) is 1. The SMILES string of the molecule is CC(C)c1ccc(C[NH+]2CCN(c3ccc(F)cc3)CC2)cc1. The molecule has 1 N–H and O–H groups in total. The number of hydrogen-bond acceptors (Lipinski definition) is 1. The number of anilines is 1. The smallest absolute Gasteiger partial charge is 0.123 e. The molecule has 0 unspecified atom stereocenters. The molecule has 1 fully saturated rings. The van der Waals surface area contributed by atoms with Crippen molar-refractivity contribution < 1.29 is 9.29 Å². The molecule has 0 bridgehead atoms. The van der Waals surface area contributed by atoms with Gasteiger partial charge in [-0.1, -0.05) is 38.1 Å². The Morgan fingerprint density at radius 1 is 0.957 bits per heavy atom. The third kappa shape index (κ3) is 4.11. The van der Waals surface area contributed by atoms with Gasteiger partial charge in [0.1, 0.15) is 12.4 Å². The fourth-order valence-electron chi connectivity index (χ4n) is 3.22. The van der Waals surface area contributed by atoms with Crippen LogP contribution in [0.3, 0.4) is 0 Å². The van der Waals surface area contributed by atoms with Crippen molar-refractivity contribution in [3.05, 3.63) is 65.5 Å². The van der Waals surface area contributed by atoms with E-state index in [0.29, 0.717) is 5.92 Å². The molecule has 0 spiro atoms. The number of rotatable bonds is 4. The van der Waals surface area contributed by atoms with E-state index in [0.717, 1.165) is 38.4 Å². The van der Waals surface area contributed by atoms with Crippen LogP contribution in [-0.4, -0.2) is 26.2 Å². The summed E-state index contributed by atoms with van der Waals surface area (Å²) in [6.45, 7) is 9.88. The molecular weight excluding hydrogens is 287 g/mol. The molecule has 1 aliphatic heterocycles. The lowest BCUT2D eigenvalue weighted by molar-refractivity contribution is -0.914. The lowest BCUT2D eigenvalue weighted by atomic mass is 10.0. The molecule has 1 saturated heterocycles. The maximum absolute atomic E-state index is 13.0.